The highest BCUT2D eigenvalue weighted by molar-refractivity contribution is 7.99. The molecule has 3 aromatic rings. The van der Waals surface area contributed by atoms with Crippen molar-refractivity contribution in [2.24, 2.45) is 0 Å². The van der Waals surface area contributed by atoms with E-state index >= 15 is 0 Å². The van der Waals surface area contributed by atoms with Crippen LogP contribution in [-0.2, 0) is 11.3 Å². The van der Waals surface area contributed by atoms with Crippen molar-refractivity contribution >= 4 is 17.7 Å². The van der Waals surface area contributed by atoms with E-state index in [4.69, 9.17) is 9.15 Å². The van der Waals surface area contributed by atoms with E-state index in [0.29, 0.717) is 23.5 Å². The number of benzene rings is 1. The molecule has 1 aromatic carbocycles. The Hall–Kier alpha value is -2.74. The number of aromatic nitrogens is 3. The van der Waals surface area contributed by atoms with Crippen molar-refractivity contribution in [3.8, 4) is 17.1 Å². The van der Waals surface area contributed by atoms with Crippen LogP contribution < -0.4 is 10.1 Å². The standard InChI is InChI=1S/C21H24N4O3S/c1-27-17-10-8-15(9-11-17)20-23-24-21(25(20)13-18-7-4-12-28-18)29-14-19(26)22-16-5-2-3-6-16/h4,7-12,16H,2-3,5-6,13-14H2,1H3,(H,22,26). The topological polar surface area (TPSA) is 82.2 Å². The number of nitrogens with zero attached hydrogens (tertiary/aromatic N) is 3. The Bertz CT molecular complexity index is 932. The first-order chi connectivity index (χ1) is 14.2. The van der Waals surface area contributed by atoms with E-state index in [1.807, 2.05) is 41.0 Å². The molecule has 0 radical (unpaired) electrons. The fraction of sp³-hybridized carbons (Fsp3) is 0.381. The first-order valence-electron chi connectivity index (χ1n) is 9.75. The molecule has 29 heavy (non-hydrogen) atoms. The van der Waals surface area contributed by atoms with E-state index < -0.39 is 0 Å². The summed E-state index contributed by atoms with van der Waals surface area (Å²) in [7, 11) is 1.64. The van der Waals surface area contributed by atoms with Crippen molar-refractivity contribution in [1.29, 1.82) is 0 Å². The van der Waals surface area contributed by atoms with E-state index in [2.05, 4.69) is 15.5 Å². The van der Waals surface area contributed by atoms with Gasteiger partial charge in [0.25, 0.3) is 0 Å². The first-order valence-corrected chi connectivity index (χ1v) is 10.7. The van der Waals surface area contributed by atoms with Gasteiger partial charge in [-0.3, -0.25) is 9.36 Å². The van der Waals surface area contributed by atoms with E-state index in [1.54, 1.807) is 13.4 Å². The predicted octanol–water partition coefficient (Wildman–Crippen LogP) is 3.75. The Morgan fingerprint density at radius 1 is 1.24 bits per heavy atom. The van der Waals surface area contributed by atoms with E-state index in [0.717, 1.165) is 35.7 Å². The highest BCUT2D eigenvalue weighted by Gasteiger charge is 2.20. The molecule has 1 amide bonds. The van der Waals surface area contributed by atoms with Crippen LogP contribution in [0.4, 0.5) is 0 Å². The van der Waals surface area contributed by atoms with Crippen LogP contribution in [0, 0.1) is 0 Å². The maximum absolute atomic E-state index is 12.3. The summed E-state index contributed by atoms with van der Waals surface area (Å²) in [6, 6.07) is 11.8. The van der Waals surface area contributed by atoms with Crippen LogP contribution in [0.2, 0.25) is 0 Å². The maximum atomic E-state index is 12.3. The van der Waals surface area contributed by atoms with Gasteiger partial charge >= 0.3 is 0 Å². The lowest BCUT2D eigenvalue weighted by atomic mass is 10.2. The highest BCUT2D eigenvalue weighted by atomic mass is 32.2. The zero-order valence-electron chi connectivity index (χ0n) is 16.3. The highest BCUT2D eigenvalue weighted by Crippen LogP contribution is 2.27. The van der Waals surface area contributed by atoms with Crippen LogP contribution in [0.3, 0.4) is 0 Å². The van der Waals surface area contributed by atoms with Gasteiger partial charge in [0.15, 0.2) is 11.0 Å². The largest absolute Gasteiger partial charge is 0.497 e. The molecule has 0 unspecified atom stereocenters. The minimum Gasteiger partial charge on any atom is -0.497 e. The van der Waals surface area contributed by atoms with Crippen molar-refractivity contribution in [2.75, 3.05) is 12.9 Å². The SMILES string of the molecule is COc1ccc(-c2nnc(SCC(=O)NC3CCCC3)n2Cc2ccco2)cc1. The van der Waals surface area contributed by atoms with Gasteiger partial charge in [-0.05, 0) is 49.2 Å². The van der Waals surface area contributed by atoms with Crippen LogP contribution in [-0.4, -0.2) is 39.6 Å². The average Bonchev–Trinajstić information content (AvgIpc) is 3.50. The second kappa shape index (κ2) is 9.17. The Morgan fingerprint density at radius 2 is 2.03 bits per heavy atom. The van der Waals surface area contributed by atoms with Crippen LogP contribution in [0.1, 0.15) is 31.4 Å². The number of amides is 1. The number of carbonyl (C=O) groups excluding carboxylic acids is 1. The summed E-state index contributed by atoms with van der Waals surface area (Å²) in [4.78, 5) is 12.3. The van der Waals surface area contributed by atoms with E-state index in [9.17, 15) is 4.79 Å². The third kappa shape index (κ3) is 4.82. The smallest absolute Gasteiger partial charge is 0.230 e. The predicted molar refractivity (Wildman–Crippen MR) is 111 cm³/mol. The van der Waals surface area contributed by atoms with Crippen LogP contribution in [0.5, 0.6) is 5.75 Å². The van der Waals surface area contributed by atoms with Crippen molar-refractivity contribution < 1.29 is 13.9 Å². The summed E-state index contributed by atoms with van der Waals surface area (Å²) in [5.74, 6) is 2.67. The number of hydrogen-bond acceptors (Lipinski definition) is 6. The molecule has 1 aliphatic carbocycles. The van der Waals surface area contributed by atoms with Crippen molar-refractivity contribution in [2.45, 2.75) is 43.4 Å². The Kier molecular flexibility index (Phi) is 6.19. The number of nitrogens with one attached hydrogen (secondary N) is 1. The first kappa shape index (κ1) is 19.6. The van der Waals surface area contributed by atoms with Gasteiger partial charge in [0.1, 0.15) is 11.5 Å². The third-order valence-corrected chi connectivity index (χ3v) is 5.98. The van der Waals surface area contributed by atoms with Gasteiger partial charge < -0.3 is 14.5 Å². The lowest BCUT2D eigenvalue weighted by Gasteiger charge is -2.12. The molecule has 8 heteroatoms. The number of ether oxygens (including phenoxy) is 1. The summed E-state index contributed by atoms with van der Waals surface area (Å²) < 4.78 is 12.7. The summed E-state index contributed by atoms with van der Waals surface area (Å²) in [6.07, 6.45) is 6.19. The lowest BCUT2D eigenvalue weighted by Crippen LogP contribution is -2.33. The second-order valence-corrected chi connectivity index (χ2v) is 7.98. The molecule has 0 spiro atoms. The molecule has 1 fully saturated rings. The molecular weight excluding hydrogens is 388 g/mol. The summed E-state index contributed by atoms with van der Waals surface area (Å²) in [5, 5.41) is 12.5. The fourth-order valence-electron chi connectivity index (χ4n) is 3.52. The van der Waals surface area contributed by atoms with Crippen LogP contribution in [0.15, 0.2) is 52.2 Å². The quantitative estimate of drug-likeness (QED) is 0.568. The van der Waals surface area contributed by atoms with Gasteiger partial charge in [-0.2, -0.15) is 0 Å². The number of carbonyl (C=O) groups is 1. The lowest BCUT2D eigenvalue weighted by molar-refractivity contribution is -0.119. The monoisotopic (exact) mass is 412 g/mol. The van der Waals surface area contributed by atoms with Gasteiger partial charge in [-0.1, -0.05) is 24.6 Å². The van der Waals surface area contributed by atoms with Gasteiger partial charge in [0, 0.05) is 11.6 Å². The number of methoxy groups -OCH3 is 1. The molecule has 2 aromatic heterocycles. The Labute approximate surface area is 173 Å². The fourth-order valence-corrected chi connectivity index (χ4v) is 4.27. The number of rotatable bonds is 8. The molecule has 7 nitrogen and oxygen atoms in total. The molecule has 1 saturated carbocycles. The zero-order valence-corrected chi connectivity index (χ0v) is 17.2. The number of thioether (sulfide) groups is 1. The molecule has 0 bridgehead atoms. The van der Waals surface area contributed by atoms with Crippen LogP contribution in [0.25, 0.3) is 11.4 Å². The maximum Gasteiger partial charge on any atom is 0.230 e. The van der Waals surface area contributed by atoms with Crippen LogP contribution >= 0.6 is 11.8 Å². The summed E-state index contributed by atoms with van der Waals surface area (Å²) >= 11 is 1.39. The average molecular weight is 413 g/mol. The molecule has 0 aliphatic heterocycles. The molecule has 0 saturated heterocycles. The zero-order chi connectivity index (χ0) is 20.1. The molecule has 4 rings (SSSR count). The summed E-state index contributed by atoms with van der Waals surface area (Å²) in [6.45, 7) is 0.494. The van der Waals surface area contributed by atoms with Crippen molar-refractivity contribution in [1.82, 2.24) is 20.1 Å². The molecule has 1 aliphatic rings. The molecular formula is C21H24N4O3S. The Balaban J connectivity index is 1.52. The molecule has 152 valence electrons. The van der Waals surface area contributed by atoms with E-state index in [-0.39, 0.29) is 5.91 Å². The van der Waals surface area contributed by atoms with Gasteiger partial charge in [-0.25, -0.2) is 0 Å². The normalized spacial score (nSPS) is 14.2. The number of hydrogen-bond donors (Lipinski definition) is 1. The molecule has 1 N–H and O–H groups in total. The van der Waals surface area contributed by atoms with E-state index in [1.165, 1.54) is 24.6 Å². The summed E-state index contributed by atoms with van der Waals surface area (Å²) in [5.41, 5.74) is 0.923. The third-order valence-electron chi connectivity index (χ3n) is 5.01. The minimum absolute atomic E-state index is 0.0421. The second-order valence-electron chi connectivity index (χ2n) is 7.04. The van der Waals surface area contributed by atoms with Crippen molar-refractivity contribution in [3.63, 3.8) is 0 Å². The van der Waals surface area contributed by atoms with Crippen molar-refractivity contribution in [3.05, 3.63) is 48.4 Å². The Morgan fingerprint density at radius 3 is 2.72 bits per heavy atom. The van der Waals surface area contributed by atoms with Gasteiger partial charge in [0.2, 0.25) is 5.91 Å². The molecule has 2 heterocycles. The van der Waals surface area contributed by atoms with Gasteiger partial charge in [-0.15, -0.1) is 10.2 Å². The minimum atomic E-state index is 0.0421. The molecule has 0 atom stereocenters. The number of furan rings is 1. The van der Waals surface area contributed by atoms with Gasteiger partial charge in [0.05, 0.1) is 25.7 Å².